The number of hydrogen-bond acceptors (Lipinski definition) is 5. The number of carbonyl (C=O) groups is 3. The number of carboxylic acids is 2. The van der Waals surface area contributed by atoms with Crippen LogP contribution in [0.15, 0.2) is 33.8 Å². The second kappa shape index (κ2) is 5.86. The summed E-state index contributed by atoms with van der Waals surface area (Å²) in [6.07, 6.45) is -6.19. The summed E-state index contributed by atoms with van der Waals surface area (Å²) >= 11 is 0.870. The zero-order valence-electron chi connectivity index (χ0n) is 12.0. The lowest BCUT2D eigenvalue weighted by Crippen LogP contribution is -2.42. The monoisotopic (exact) mass is 361 g/mol. The number of Topliss-reactive ketones (excluding diaryl/α,β-unsaturated/α-hetero) is 1. The van der Waals surface area contributed by atoms with Gasteiger partial charge in [0.05, 0.1) is 22.6 Å². The maximum Gasteiger partial charge on any atom is 0.416 e. The van der Waals surface area contributed by atoms with Crippen LogP contribution in [-0.2, 0) is 9.59 Å². The van der Waals surface area contributed by atoms with E-state index in [2.05, 4.69) is 4.99 Å². The Labute approximate surface area is 136 Å². The first kappa shape index (κ1) is 17.9. The van der Waals surface area contributed by atoms with Crippen molar-refractivity contribution < 1.29 is 37.8 Å². The van der Waals surface area contributed by atoms with Crippen LogP contribution in [0.5, 0.6) is 0 Å². The number of hydrogen-bond donors (Lipinski definition) is 2. The number of halogens is 3. The van der Waals surface area contributed by atoms with Gasteiger partial charge < -0.3 is 10.2 Å². The molecule has 1 unspecified atom stereocenters. The maximum atomic E-state index is 13.5. The van der Waals surface area contributed by atoms with Crippen LogP contribution in [-0.4, -0.2) is 39.8 Å². The van der Waals surface area contributed by atoms with E-state index in [1.165, 1.54) is 17.5 Å². The van der Waals surface area contributed by atoms with E-state index in [0.717, 1.165) is 11.3 Å². The van der Waals surface area contributed by atoms with Crippen LogP contribution in [0.25, 0.3) is 0 Å². The Kier molecular flexibility index (Phi) is 4.36. The van der Waals surface area contributed by atoms with Crippen molar-refractivity contribution >= 4 is 34.8 Å². The number of allylic oxidation sites excluding steroid dienone is 1. The summed E-state index contributed by atoms with van der Waals surface area (Å²) in [4.78, 5) is 38.1. The van der Waals surface area contributed by atoms with Crippen molar-refractivity contribution in [3.05, 3.63) is 33.7 Å². The van der Waals surface area contributed by atoms with E-state index in [4.69, 9.17) is 5.11 Å². The van der Waals surface area contributed by atoms with E-state index in [1.54, 1.807) is 0 Å². The van der Waals surface area contributed by atoms with Gasteiger partial charge >= 0.3 is 18.1 Å². The number of ketones is 1. The highest BCUT2D eigenvalue weighted by Crippen LogP contribution is 2.48. The first-order chi connectivity index (χ1) is 11.0. The smallest absolute Gasteiger partial charge is 0.416 e. The van der Waals surface area contributed by atoms with Gasteiger partial charge in [-0.05, 0) is 18.4 Å². The van der Waals surface area contributed by atoms with Crippen LogP contribution in [0.2, 0.25) is 0 Å². The van der Waals surface area contributed by atoms with Crippen molar-refractivity contribution in [3.8, 4) is 0 Å². The molecule has 2 heterocycles. The summed E-state index contributed by atoms with van der Waals surface area (Å²) in [5.41, 5.74) is -6.21. The van der Waals surface area contributed by atoms with Gasteiger partial charge in [0.25, 0.3) is 0 Å². The Morgan fingerprint density at radius 1 is 1.29 bits per heavy atom. The van der Waals surface area contributed by atoms with E-state index < -0.39 is 52.7 Å². The first-order valence-electron chi connectivity index (χ1n) is 6.43. The number of alkyl halides is 3. The minimum Gasteiger partial charge on any atom is -0.481 e. The molecule has 0 fully saturated rings. The van der Waals surface area contributed by atoms with Gasteiger partial charge in [0.15, 0.2) is 0 Å². The van der Waals surface area contributed by atoms with E-state index >= 15 is 0 Å². The molecule has 1 aromatic rings. The van der Waals surface area contributed by atoms with Crippen LogP contribution in [0, 0.1) is 5.41 Å². The number of carbonyl (C=O) groups excluding carboxylic acids is 1. The lowest BCUT2D eigenvalue weighted by atomic mass is 9.76. The highest BCUT2D eigenvalue weighted by molar-refractivity contribution is 7.12. The van der Waals surface area contributed by atoms with Crippen LogP contribution in [0.1, 0.15) is 23.0 Å². The molecule has 24 heavy (non-hydrogen) atoms. The molecular weight excluding hydrogens is 351 g/mol. The quantitative estimate of drug-likeness (QED) is 0.785. The molecule has 0 saturated carbocycles. The van der Waals surface area contributed by atoms with Gasteiger partial charge in [-0.25, -0.2) is 0 Å². The van der Waals surface area contributed by atoms with E-state index in [9.17, 15) is 32.7 Å². The van der Waals surface area contributed by atoms with Gasteiger partial charge in [0.1, 0.15) is 11.1 Å². The molecule has 1 aliphatic heterocycles. The van der Waals surface area contributed by atoms with Crippen LogP contribution >= 0.6 is 11.3 Å². The Morgan fingerprint density at radius 2 is 1.92 bits per heavy atom. The standard InChI is InChI=1S/C14H10F3NO5S/c1-13(12(22)23)7(5-8(19)20)18-9(11(13)14(15,16)17)10(21)6-3-2-4-24-6/h2-4H,5H2,1H3,(H,19,20)(H,22,23). The lowest BCUT2D eigenvalue weighted by molar-refractivity contribution is -0.148. The molecule has 0 spiro atoms. The van der Waals surface area contributed by atoms with Gasteiger partial charge in [0.2, 0.25) is 5.78 Å². The largest absolute Gasteiger partial charge is 0.481 e. The third kappa shape index (κ3) is 2.84. The molecular formula is C14H10F3NO5S. The Balaban J connectivity index is 2.72. The average Bonchev–Trinajstić information content (AvgIpc) is 3.04. The summed E-state index contributed by atoms with van der Waals surface area (Å²) in [5, 5.41) is 19.6. The maximum absolute atomic E-state index is 13.5. The van der Waals surface area contributed by atoms with Crippen molar-refractivity contribution in [1.29, 1.82) is 0 Å². The zero-order chi connectivity index (χ0) is 18.3. The fourth-order valence-corrected chi connectivity index (χ4v) is 3.04. The second-order valence-corrected chi connectivity index (χ2v) is 6.03. The topological polar surface area (TPSA) is 104 Å². The summed E-state index contributed by atoms with van der Waals surface area (Å²) in [6.45, 7) is 0.703. The van der Waals surface area contributed by atoms with Gasteiger partial charge in [-0.15, -0.1) is 11.3 Å². The third-order valence-electron chi connectivity index (χ3n) is 3.55. The number of thiophene rings is 1. The van der Waals surface area contributed by atoms with E-state index in [1.807, 2.05) is 0 Å². The predicted octanol–water partition coefficient (Wildman–Crippen LogP) is 2.77. The Morgan fingerprint density at radius 3 is 2.33 bits per heavy atom. The number of nitrogens with zero attached hydrogens (tertiary/aromatic N) is 1. The number of aliphatic imine (C=N–C) groups is 1. The molecule has 0 amide bonds. The molecule has 1 aliphatic rings. The summed E-state index contributed by atoms with van der Waals surface area (Å²) in [5.74, 6) is -4.57. The van der Waals surface area contributed by atoms with Crippen LogP contribution in [0.4, 0.5) is 13.2 Å². The normalized spacial score (nSPS) is 20.9. The molecule has 2 rings (SSSR count). The van der Waals surface area contributed by atoms with Gasteiger partial charge in [-0.1, -0.05) is 6.07 Å². The Bertz CT molecular complexity index is 779. The predicted molar refractivity (Wildman–Crippen MR) is 77.2 cm³/mol. The average molecular weight is 361 g/mol. The van der Waals surface area contributed by atoms with Crippen LogP contribution < -0.4 is 0 Å². The number of rotatable bonds is 5. The molecule has 0 aromatic carbocycles. The fourth-order valence-electron chi connectivity index (χ4n) is 2.38. The number of carboxylic acid groups (broad SMARTS) is 2. The lowest BCUT2D eigenvalue weighted by Gasteiger charge is -2.26. The van der Waals surface area contributed by atoms with E-state index in [-0.39, 0.29) is 4.88 Å². The molecule has 10 heteroatoms. The summed E-state index contributed by atoms with van der Waals surface area (Å²) < 4.78 is 40.5. The molecule has 1 aromatic heterocycles. The molecule has 1 atom stereocenters. The van der Waals surface area contributed by atoms with Crippen molar-refractivity contribution in [1.82, 2.24) is 0 Å². The fraction of sp³-hybridized carbons (Fsp3) is 0.286. The van der Waals surface area contributed by atoms with Crippen molar-refractivity contribution in [2.45, 2.75) is 19.5 Å². The highest BCUT2D eigenvalue weighted by atomic mass is 32.1. The minimum atomic E-state index is -5.17. The molecule has 0 radical (unpaired) electrons. The molecule has 0 aliphatic carbocycles. The van der Waals surface area contributed by atoms with Crippen molar-refractivity contribution in [2.75, 3.05) is 0 Å². The SMILES string of the molecule is CC1(C(=O)O)C(CC(=O)O)=NC(C(=O)c2cccs2)=C1C(F)(F)F. The first-order valence-corrected chi connectivity index (χ1v) is 7.31. The molecule has 6 nitrogen and oxygen atoms in total. The molecule has 2 N–H and O–H groups in total. The molecule has 128 valence electrons. The van der Waals surface area contributed by atoms with Crippen molar-refractivity contribution in [3.63, 3.8) is 0 Å². The second-order valence-electron chi connectivity index (χ2n) is 5.09. The zero-order valence-corrected chi connectivity index (χ0v) is 12.9. The van der Waals surface area contributed by atoms with Crippen LogP contribution in [0.3, 0.4) is 0 Å². The van der Waals surface area contributed by atoms with Crippen molar-refractivity contribution in [2.24, 2.45) is 10.4 Å². The minimum absolute atomic E-state index is 0.0557. The van der Waals surface area contributed by atoms with Gasteiger partial charge in [0, 0.05) is 0 Å². The summed E-state index contributed by atoms with van der Waals surface area (Å²) in [6, 6.07) is 2.72. The molecule has 0 saturated heterocycles. The third-order valence-corrected chi connectivity index (χ3v) is 4.42. The van der Waals surface area contributed by atoms with E-state index in [0.29, 0.717) is 6.92 Å². The Hall–Kier alpha value is -2.49. The highest BCUT2D eigenvalue weighted by Gasteiger charge is 2.59. The summed E-state index contributed by atoms with van der Waals surface area (Å²) in [7, 11) is 0. The number of aliphatic carboxylic acids is 2. The van der Waals surface area contributed by atoms with Gasteiger partial charge in [-0.3, -0.25) is 19.4 Å². The molecule has 0 bridgehead atoms. The van der Waals surface area contributed by atoms with Gasteiger partial charge in [-0.2, -0.15) is 13.2 Å².